The number of rotatable bonds is 13. The van der Waals surface area contributed by atoms with Crippen LogP contribution in [0.15, 0.2) is 42.6 Å². The van der Waals surface area contributed by atoms with Gasteiger partial charge in [-0.15, -0.1) is 0 Å². The van der Waals surface area contributed by atoms with Crippen molar-refractivity contribution in [2.45, 2.75) is 98.4 Å². The number of ether oxygens (including phenoxy) is 2. The van der Waals surface area contributed by atoms with Crippen LogP contribution < -0.4 is 21.1 Å². The molecule has 2 aromatic carbocycles. The number of alkyl carbamates (subject to hydrolysis) is 1. The van der Waals surface area contributed by atoms with Crippen LogP contribution in [0.5, 0.6) is 5.75 Å². The van der Waals surface area contributed by atoms with Crippen LogP contribution in [0.2, 0.25) is 5.02 Å². The predicted octanol–water partition coefficient (Wildman–Crippen LogP) is 6.43. The van der Waals surface area contributed by atoms with Crippen molar-refractivity contribution < 1.29 is 24.2 Å². The monoisotopic (exact) mass is 642 g/mol. The van der Waals surface area contributed by atoms with Crippen LogP contribution in [0, 0.1) is 5.41 Å². The number of carbonyl (C=O) groups is 2. The lowest BCUT2D eigenvalue weighted by atomic mass is 9.86. The number of hydrogen-bond acceptors (Lipinski definition) is 7. The molecule has 1 aliphatic heterocycles. The van der Waals surface area contributed by atoms with Gasteiger partial charge in [-0.25, -0.2) is 4.79 Å². The maximum Gasteiger partial charge on any atom is 0.407 e. The van der Waals surface area contributed by atoms with Crippen LogP contribution >= 0.6 is 11.6 Å². The zero-order valence-corrected chi connectivity index (χ0v) is 28.8. The number of amides is 2. The molecule has 0 spiro atoms. The van der Waals surface area contributed by atoms with Crippen LogP contribution in [0.3, 0.4) is 0 Å². The van der Waals surface area contributed by atoms with Crippen molar-refractivity contribution in [3.8, 4) is 5.75 Å². The average Bonchev–Trinajstić information content (AvgIpc) is 3.36. The van der Waals surface area contributed by atoms with Crippen molar-refractivity contribution in [2.75, 3.05) is 19.7 Å². The molecule has 0 saturated carbocycles. The molecule has 248 valence electrons. The second-order valence-corrected chi connectivity index (χ2v) is 14.3. The third-order valence-corrected chi connectivity index (χ3v) is 7.80. The number of halogens is 1. The van der Waals surface area contributed by atoms with Gasteiger partial charge in [-0.1, -0.05) is 56.6 Å². The number of hydrogen-bond donors (Lipinski definition) is 4. The van der Waals surface area contributed by atoms with Crippen molar-refractivity contribution in [2.24, 2.45) is 11.1 Å². The van der Waals surface area contributed by atoms with Crippen LogP contribution in [0.4, 0.5) is 4.79 Å². The van der Waals surface area contributed by atoms with Gasteiger partial charge in [0, 0.05) is 36.9 Å². The topological polar surface area (TPSA) is 126 Å². The average molecular weight is 643 g/mol. The zero-order chi connectivity index (χ0) is 33.5. The molecule has 0 fully saturated rings. The molecule has 2 aromatic rings. The van der Waals surface area contributed by atoms with Crippen LogP contribution in [-0.4, -0.2) is 59.6 Å². The van der Waals surface area contributed by atoms with Crippen LogP contribution in [0.25, 0.3) is 5.70 Å². The first-order valence-corrected chi connectivity index (χ1v) is 16.1. The Kier molecular flexibility index (Phi) is 12.2. The molecule has 9 nitrogen and oxygen atoms in total. The highest BCUT2D eigenvalue weighted by Gasteiger charge is 2.34. The summed E-state index contributed by atoms with van der Waals surface area (Å²) in [5.41, 5.74) is 9.21. The van der Waals surface area contributed by atoms with E-state index in [-0.39, 0.29) is 30.2 Å². The third kappa shape index (κ3) is 10.3. The maximum atomic E-state index is 12.4. The number of primary amides is 1. The summed E-state index contributed by atoms with van der Waals surface area (Å²) < 4.78 is 11.2. The molecule has 0 saturated heterocycles. The number of carbonyl (C=O) groups excluding carboxylic acids is 2. The molecule has 2 unspecified atom stereocenters. The van der Waals surface area contributed by atoms with Crippen molar-refractivity contribution in [3.63, 3.8) is 0 Å². The summed E-state index contributed by atoms with van der Waals surface area (Å²) in [6, 6.07) is 11.6. The van der Waals surface area contributed by atoms with Gasteiger partial charge >= 0.3 is 6.09 Å². The smallest absolute Gasteiger partial charge is 0.407 e. The first-order chi connectivity index (χ1) is 21.0. The number of aliphatic hydroxyl groups is 1. The summed E-state index contributed by atoms with van der Waals surface area (Å²) >= 11 is 6.80. The molecule has 0 aromatic heterocycles. The molecule has 1 aliphatic rings. The minimum absolute atomic E-state index is 0.0421. The van der Waals surface area contributed by atoms with E-state index in [4.69, 9.17) is 26.8 Å². The lowest BCUT2D eigenvalue weighted by molar-refractivity contribution is 0.0524. The molecule has 1 heterocycles. The van der Waals surface area contributed by atoms with Gasteiger partial charge in [0.15, 0.2) is 0 Å². The summed E-state index contributed by atoms with van der Waals surface area (Å²) in [4.78, 5) is 26.7. The summed E-state index contributed by atoms with van der Waals surface area (Å²) in [5.74, 6) is -0.327. The van der Waals surface area contributed by atoms with E-state index >= 15 is 0 Å². The van der Waals surface area contributed by atoms with Crippen LogP contribution in [-0.2, 0) is 11.2 Å². The first kappa shape index (κ1) is 36.0. The van der Waals surface area contributed by atoms with E-state index in [9.17, 15) is 14.7 Å². The highest BCUT2D eigenvalue weighted by molar-refractivity contribution is 6.33. The van der Waals surface area contributed by atoms with E-state index in [1.807, 2.05) is 34.6 Å². The fourth-order valence-electron chi connectivity index (χ4n) is 5.48. The number of nitrogens with two attached hydrogens (primary N) is 1. The lowest BCUT2D eigenvalue weighted by Crippen LogP contribution is -2.46. The van der Waals surface area contributed by atoms with E-state index < -0.39 is 17.6 Å². The molecule has 2 atom stereocenters. The van der Waals surface area contributed by atoms with E-state index in [1.165, 1.54) is 0 Å². The Bertz CT molecular complexity index is 1350. The van der Waals surface area contributed by atoms with Gasteiger partial charge in [-0.3, -0.25) is 4.79 Å². The van der Waals surface area contributed by atoms with Gasteiger partial charge in [0.05, 0.1) is 16.8 Å². The van der Waals surface area contributed by atoms with E-state index in [2.05, 4.69) is 66.8 Å². The molecular formula is C35H51ClN4O5. The Balaban J connectivity index is 1.77. The Labute approximate surface area is 273 Å². The summed E-state index contributed by atoms with van der Waals surface area (Å²) in [7, 11) is 0. The van der Waals surface area contributed by atoms with E-state index in [0.29, 0.717) is 41.3 Å². The molecule has 0 aliphatic carbocycles. The number of aliphatic hydroxyl groups excluding tert-OH is 1. The fourth-order valence-corrected chi connectivity index (χ4v) is 5.84. The van der Waals surface area contributed by atoms with Gasteiger partial charge in [-0.05, 0) is 88.6 Å². The first-order valence-electron chi connectivity index (χ1n) is 15.7. The molecule has 0 bridgehead atoms. The molecule has 3 rings (SSSR count). The van der Waals surface area contributed by atoms with Crippen molar-refractivity contribution in [1.29, 1.82) is 0 Å². The third-order valence-electron chi connectivity index (χ3n) is 7.41. The zero-order valence-electron chi connectivity index (χ0n) is 28.0. The highest BCUT2D eigenvalue weighted by atomic mass is 35.5. The molecule has 2 amide bonds. The Morgan fingerprint density at radius 2 is 1.76 bits per heavy atom. The van der Waals surface area contributed by atoms with E-state index in [0.717, 1.165) is 29.8 Å². The maximum absolute atomic E-state index is 12.4. The molecule has 5 N–H and O–H groups in total. The van der Waals surface area contributed by atoms with Gasteiger partial charge in [0.25, 0.3) is 0 Å². The SMILES string of the molecule is CC(C)Oc1ccc(C(N)=O)c(C(CCO)Cc2ccc(C3=CN(CCCNC(=O)OC(C)(C)C)C(C(C)(C)C)N3)cc2)c1Cl. The summed E-state index contributed by atoms with van der Waals surface area (Å²) in [5, 5.41) is 16.8. The second kappa shape index (κ2) is 15.2. The van der Waals surface area contributed by atoms with Crippen molar-refractivity contribution in [1.82, 2.24) is 15.5 Å². The Morgan fingerprint density at radius 3 is 2.31 bits per heavy atom. The lowest BCUT2D eigenvalue weighted by Gasteiger charge is -2.36. The van der Waals surface area contributed by atoms with Gasteiger partial charge < -0.3 is 35.8 Å². The second-order valence-electron chi connectivity index (χ2n) is 14.0. The minimum atomic E-state index is -0.570. The number of benzene rings is 2. The van der Waals surface area contributed by atoms with Crippen LogP contribution in [0.1, 0.15) is 101 Å². The summed E-state index contributed by atoms with van der Waals surface area (Å²) in [6.07, 6.45) is 3.45. The quantitative estimate of drug-likeness (QED) is 0.186. The fraction of sp³-hybridized carbons (Fsp3) is 0.543. The molecule has 0 radical (unpaired) electrons. The molecule has 45 heavy (non-hydrogen) atoms. The summed E-state index contributed by atoms with van der Waals surface area (Å²) in [6.45, 7) is 17.2. The highest BCUT2D eigenvalue weighted by Crippen LogP contribution is 2.39. The largest absolute Gasteiger partial charge is 0.489 e. The van der Waals surface area contributed by atoms with Crippen molar-refractivity contribution >= 4 is 29.3 Å². The number of nitrogens with zero attached hydrogens (tertiary/aromatic N) is 1. The molecule has 10 heteroatoms. The Hall–Kier alpha value is -3.43. The van der Waals surface area contributed by atoms with Gasteiger partial charge in [0.2, 0.25) is 5.91 Å². The molecular weight excluding hydrogens is 592 g/mol. The number of nitrogens with one attached hydrogen (secondary N) is 2. The predicted molar refractivity (Wildman–Crippen MR) is 180 cm³/mol. The standard InChI is InChI=1S/C35H51ClN4O5/c1-22(2)44-28-15-14-26(31(37)42)29(30(28)36)25(16-19-41)20-23-10-12-24(13-11-23)27-21-40(32(39-27)34(3,4)5)18-9-17-38-33(43)45-35(6,7)8/h10-15,21-22,25,32,39,41H,9,16-20H2,1-8H3,(H2,37,42)(H,38,43). The van der Waals surface area contributed by atoms with Crippen molar-refractivity contribution in [3.05, 3.63) is 69.9 Å². The van der Waals surface area contributed by atoms with Gasteiger partial charge in [-0.2, -0.15) is 0 Å². The van der Waals surface area contributed by atoms with E-state index in [1.54, 1.807) is 12.1 Å². The minimum Gasteiger partial charge on any atom is -0.489 e. The Morgan fingerprint density at radius 1 is 1.09 bits per heavy atom. The van der Waals surface area contributed by atoms with Gasteiger partial charge in [0.1, 0.15) is 17.5 Å². The normalized spacial score (nSPS) is 15.8.